The van der Waals surface area contributed by atoms with Crippen molar-refractivity contribution in [3.63, 3.8) is 0 Å². The van der Waals surface area contributed by atoms with Gasteiger partial charge in [-0.1, -0.05) is 212 Å². The minimum atomic E-state index is -0.619. The van der Waals surface area contributed by atoms with E-state index in [0.29, 0.717) is 18.5 Å². The minimum Gasteiger partial charge on any atom is -0.277 e. The molecule has 0 unspecified atom stereocenters. The minimum absolute atomic E-state index is 0.235. The third-order valence-electron chi connectivity index (χ3n) is 10.1. The second-order valence-electron chi connectivity index (χ2n) is 14.8. The van der Waals surface area contributed by atoms with Crippen molar-refractivity contribution in [2.45, 2.75) is 226 Å². The van der Waals surface area contributed by atoms with E-state index in [9.17, 15) is 14.4 Å². The van der Waals surface area contributed by atoms with Crippen LogP contribution in [-0.4, -0.2) is 17.8 Å². The van der Waals surface area contributed by atoms with Gasteiger partial charge in [-0.15, -0.1) is 0 Å². The molecule has 0 heterocycles. The lowest BCUT2D eigenvalue weighted by molar-refractivity contribution is -0.120. The zero-order valence-corrected chi connectivity index (χ0v) is 32.6. The van der Waals surface area contributed by atoms with Crippen molar-refractivity contribution in [1.29, 1.82) is 0 Å². The Morgan fingerprint density at radius 2 is 0.796 bits per heavy atom. The number of carbonyl (C=O) groups is 3. The van der Waals surface area contributed by atoms with Gasteiger partial charge in [-0.2, -0.15) is 0 Å². The van der Waals surface area contributed by atoms with Crippen LogP contribution >= 0.6 is 0 Å². The lowest BCUT2D eigenvalue weighted by Crippen LogP contribution is -2.46. The molecule has 0 fully saturated rings. The number of anilines is 1. The monoisotopic (exact) mass is 683 g/mol. The number of carbonyl (C=O) groups excluding carboxylic acids is 3. The van der Waals surface area contributed by atoms with Crippen molar-refractivity contribution in [2.75, 3.05) is 4.90 Å². The van der Waals surface area contributed by atoms with Crippen LogP contribution in [0.2, 0.25) is 0 Å². The number of hydrogen-bond donors (Lipinski definition) is 1. The van der Waals surface area contributed by atoms with Gasteiger partial charge in [0.15, 0.2) is 0 Å². The number of aryl methyl sites for hydroxylation is 1. The van der Waals surface area contributed by atoms with Crippen molar-refractivity contribution in [3.8, 4) is 0 Å². The topological polar surface area (TPSA) is 66.5 Å². The first kappa shape index (κ1) is 44.9. The average molecular weight is 683 g/mol. The Morgan fingerprint density at radius 3 is 1.16 bits per heavy atom. The van der Waals surface area contributed by atoms with Gasteiger partial charge in [-0.3, -0.25) is 14.9 Å². The highest BCUT2D eigenvalue weighted by molar-refractivity contribution is 6.17. The first-order chi connectivity index (χ1) is 24.0. The second kappa shape index (κ2) is 33.0. The van der Waals surface area contributed by atoms with Crippen LogP contribution < -0.4 is 10.2 Å². The molecule has 5 heteroatoms. The SMILES string of the molecule is CCCCCCCCCCCCCCCCCC(=O)NC(=O)N(C(=O)CCCCCCCCCCCCCCCCC)c1ccccc1C. The molecule has 0 saturated heterocycles. The Labute approximate surface area is 303 Å². The summed E-state index contributed by atoms with van der Waals surface area (Å²) in [4.78, 5) is 40.4. The molecule has 0 spiro atoms. The third-order valence-corrected chi connectivity index (χ3v) is 10.1. The highest BCUT2D eigenvalue weighted by Gasteiger charge is 2.25. The summed E-state index contributed by atoms with van der Waals surface area (Å²) in [5.41, 5.74) is 1.41. The normalized spacial score (nSPS) is 11.2. The molecule has 0 aromatic heterocycles. The van der Waals surface area contributed by atoms with Crippen molar-refractivity contribution in [1.82, 2.24) is 5.32 Å². The maximum absolute atomic E-state index is 13.3. The first-order valence-electron chi connectivity index (χ1n) is 21.2. The molecule has 1 N–H and O–H groups in total. The van der Waals surface area contributed by atoms with Crippen LogP contribution in [0, 0.1) is 6.92 Å². The standard InChI is InChI=1S/C44H78N2O3/c1-4-6-8-10-12-14-16-18-20-22-24-26-28-30-32-38-42(47)45-44(49)46(41-37-35-34-36-40(41)3)43(48)39-33-31-29-27-25-23-21-19-17-15-13-11-9-7-5-2/h34-37H,4-33,38-39H2,1-3H3,(H,45,47,49). The van der Waals surface area contributed by atoms with Gasteiger partial charge in [0.1, 0.15) is 0 Å². The van der Waals surface area contributed by atoms with E-state index in [-0.39, 0.29) is 11.8 Å². The number of rotatable bonds is 33. The zero-order valence-electron chi connectivity index (χ0n) is 32.6. The summed E-state index contributed by atoms with van der Waals surface area (Å²) in [6.07, 6.45) is 38.8. The van der Waals surface area contributed by atoms with Crippen LogP contribution in [0.15, 0.2) is 24.3 Å². The molecule has 0 aliphatic rings. The smallest absolute Gasteiger partial charge is 0.277 e. The molecule has 0 bridgehead atoms. The summed E-state index contributed by atoms with van der Waals surface area (Å²) in [6, 6.07) is 6.80. The number of hydrogen-bond acceptors (Lipinski definition) is 3. The van der Waals surface area contributed by atoms with E-state index in [4.69, 9.17) is 0 Å². The van der Waals surface area contributed by atoms with Crippen LogP contribution in [0.25, 0.3) is 0 Å². The number of unbranched alkanes of at least 4 members (excludes halogenated alkanes) is 28. The zero-order chi connectivity index (χ0) is 35.6. The van der Waals surface area contributed by atoms with Gasteiger partial charge in [0.2, 0.25) is 11.8 Å². The molecule has 0 saturated carbocycles. The Balaban J connectivity index is 2.21. The van der Waals surface area contributed by atoms with E-state index < -0.39 is 6.03 Å². The van der Waals surface area contributed by atoms with Gasteiger partial charge in [-0.05, 0) is 31.4 Å². The molecule has 282 valence electrons. The predicted octanol–water partition coefficient (Wildman–Crippen LogP) is 14.1. The lowest BCUT2D eigenvalue weighted by Gasteiger charge is -2.23. The van der Waals surface area contributed by atoms with Crippen LogP contribution in [0.4, 0.5) is 10.5 Å². The second-order valence-corrected chi connectivity index (χ2v) is 14.8. The largest absolute Gasteiger partial charge is 0.335 e. The van der Waals surface area contributed by atoms with E-state index in [2.05, 4.69) is 19.2 Å². The highest BCUT2D eigenvalue weighted by atomic mass is 16.2. The maximum atomic E-state index is 13.3. The van der Waals surface area contributed by atoms with Crippen molar-refractivity contribution < 1.29 is 14.4 Å². The fourth-order valence-electron chi connectivity index (χ4n) is 6.83. The number of benzene rings is 1. The fourth-order valence-corrected chi connectivity index (χ4v) is 6.83. The highest BCUT2D eigenvalue weighted by Crippen LogP contribution is 2.22. The summed E-state index contributed by atoms with van der Waals surface area (Å²) in [5, 5.41) is 2.52. The molecule has 1 rings (SSSR count). The third kappa shape index (κ3) is 25.4. The molecule has 5 nitrogen and oxygen atoms in total. The molecule has 4 amide bonds. The summed E-state index contributed by atoms with van der Waals surface area (Å²) in [5.74, 6) is -0.528. The molecule has 0 atom stereocenters. The van der Waals surface area contributed by atoms with Crippen LogP contribution in [0.3, 0.4) is 0 Å². The number of para-hydroxylation sites is 1. The number of amides is 4. The Kier molecular flexibility index (Phi) is 30.2. The van der Waals surface area contributed by atoms with Gasteiger partial charge < -0.3 is 0 Å². The number of urea groups is 1. The molecule has 0 aliphatic carbocycles. The molecule has 0 aliphatic heterocycles. The van der Waals surface area contributed by atoms with Crippen molar-refractivity contribution in [3.05, 3.63) is 29.8 Å². The molecule has 0 radical (unpaired) electrons. The Hall–Kier alpha value is -2.17. The molecule has 1 aromatic carbocycles. The van der Waals surface area contributed by atoms with Crippen LogP contribution in [-0.2, 0) is 9.59 Å². The Bertz CT molecular complexity index is 946. The predicted molar refractivity (Wildman–Crippen MR) is 211 cm³/mol. The van der Waals surface area contributed by atoms with Crippen molar-refractivity contribution >= 4 is 23.5 Å². The van der Waals surface area contributed by atoms with E-state index >= 15 is 0 Å². The number of nitrogens with one attached hydrogen (secondary N) is 1. The van der Waals surface area contributed by atoms with Gasteiger partial charge in [0.05, 0.1) is 5.69 Å². The Morgan fingerprint density at radius 1 is 0.469 bits per heavy atom. The summed E-state index contributed by atoms with van der Waals surface area (Å²) in [7, 11) is 0. The van der Waals surface area contributed by atoms with E-state index in [1.165, 1.54) is 159 Å². The molecule has 1 aromatic rings. The van der Waals surface area contributed by atoms with Gasteiger partial charge in [0, 0.05) is 12.8 Å². The molecule has 49 heavy (non-hydrogen) atoms. The van der Waals surface area contributed by atoms with Gasteiger partial charge in [0.25, 0.3) is 0 Å². The summed E-state index contributed by atoms with van der Waals surface area (Å²) >= 11 is 0. The quantitative estimate of drug-likeness (QED) is 0.0750. The van der Waals surface area contributed by atoms with Crippen LogP contribution in [0.5, 0.6) is 0 Å². The van der Waals surface area contributed by atoms with Crippen molar-refractivity contribution in [2.24, 2.45) is 0 Å². The lowest BCUT2D eigenvalue weighted by atomic mass is 10.0. The van der Waals surface area contributed by atoms with E-state index in [1.54, 1.807) is 6.07 Å². The number of imide groups is 2. The van der Waals surface area contributed by atoms with Gasteiger partial charge in [-0.25, -0.2) is 9.69 Å². The first-order valence-corrected chi connectivity index (χ1v) is 21.2. The molecular formula is C44H78N2O3. The van der Waals surface area contributed by atoms with Crippen LogP contribution in [0.1, 0.15) is 225 Å². The summed E-state index contributed by atoms with van der Waals surface area (Å²) < 4.78 is 0. The summed E-state index contributed by atoms with van der Waals surface area (Å²) in [6.45, 7) is 6.44. The fraction of sp³-hybridized carbons (Fsp3) is 0.795. The van der Waals surface area contributed by atoms with E-state index in [1.807, 2.05) is 25.1 Å². The molecular weight excluding hydrogens is 604 g/mol. The maximum Gasteiger partial charge on any atom is 0.335 e. The number of nitrogens with zero attached hydrogens (tertiary/aromatic N) is 1. The van der Waals surface area contributed by atoms with E-state index in [0.717, 1.165) is 44.1 Å². The van der Waals surface area contributed by atoms with Gasteiger partial charge >= 0.3 is 6.03 Å². The average Bonchev–Trinajstić information content (AvgIpc) is 3.09.